The molecule has 0 bridgehead atoms. The minimum Gasteiger partial charge on any atom is -0.362 e. The van der Waals surface area contributed by atoms with E-state index in [9.17, 15) is 19.7 Å². The van der Waals surface area contributed by atoms with Crippen LogP contribution in [0.5, 0.6) is 0 Å². The molecule has 10 heteroatoms. The number of dihydropyridines is 1. The quantitative estimate of drug-likeness (QED) is 0.435. The lowest BCUT2D eigenvalue weighted by atomic mass is 9.75. The molecule has 32 heavy (non-hydrogen) atoms. The summed E-state index contributed by atoms with van der Waals surface area (Å²) in [4.78, 5) is 41.4. The van der Waals surface area contributed by atoms with Crippen LogP contribution in [0.2, 0.25) is 5.02 Å². The molecule has 0 saturated carbocycles. The Kier molecular flexibility index (Phi) is 6.12. The third kappa shape index (κ3) is 4.18. The number of nitro benzene ring substituents is 1. The summed E-state index contributed by atoms with van der Waals surface area (Å²) in [5.74, 6) is -0.946. The molecule has 0 spiro atoms. The number of amides is 1. The third-order valence-electron chi connectivity index (χ3n) is 5.49. The van der Waals surface area contributed by atoms with Crippen LogP contribution in [0.1, 0.15) is 37.7 Å². The number of aromatic nitrogens is 1. The normalized spacial score (nSPS) is 18.2. The van der Waals surface area contributed by atoms with Gasteiger partial charge in [-0.05, 0) is 59.5 Å². The maximum atomic E-state index is 13.4. The number of Topliss-reactive ketones (excluding diaryl/α,β-unsaturated/α-hetero) is 1. The molecule has 2 N–H and O–H groups in total. The number of hydrogen-bond acceptors (Lipinski definition) is 6. The van der Waals surface area contributed by atoms with E-state index in [0.717, 1.165) is 10.2 Å². The van der Waals surface area contributed by atoms with Crippen molar-refractivity contribution in [3.05, 3.63) is 84.2 Å². The highest BCUT2D eigenvalue weighted by molar-refractivity contribution is 9.10. The second-order valence-corrected chi connectivity index (χ2v) is 8.87. The second kappa shape index (κ2) is 8.84. The molecule has 0 unspecified atom stereocenters. The first-order chi connectivity index (χ1) is 15.3. The predicted octanol–water partition coefficient (Wildman–Crippen LogP) is 5.01. The number of benzene rings is 1. The molecular formula is C22H18BrClN4O4. The number of nitrogens with one attached hydrogen (secondary N) is 2. The Hall–Kier alpha value is -3.04. The first kappa shape index (κ1) is 22.2. The number of hydrogen-bond donors (Lipinski definition) is 2. The van der Waals surface area contributed by atoms with Crippen molar-refractivity contribution in [3.63, 3.8) is 0 Å². The summed E-state index contributed by atoms with van der Waals surface area (Å²) in [5, 5.41) is 17.4. The largest absolute Gasteiger partial charge is 0.362 e. The van der Waals surface area contributed by atoms with E-state index < -0.39 is 16.7 Å². The molecule has 1 aromatic carbocycles. The SMILES string of the molecule is CC1=C(C(=O)Nc2ccc(Br)cn2)[C@H](c2ccc(Cl)c([N+](=O)[O-])c2)C2=C(CCCC2=O)N1. The Labute approximate surface area is 197 Å². The van der Waals surface area contributed by atoms with E-state index in [1.807, 2.05) is 0 Å². The van der Waals surface area contributed by atoms with Crippen molar-refractivity contribution in [3.8, 4) is 0 Å². The summed E-state index contributed by atoms with van der Waals surface area (Å²) in [6.45, 7) is 1.75. The van der Waals surface area contributed by atoms with Gasteiger partial charge in [-0.25, -0.2) is 4.98 Å². The third-order valence-corrected chi connectivity index (χ3v) is 6.28. The number of ketones is 1. The summed E-state index contributed by atoms with van der Waals surface area (Å²) >= 11 is 9.31. The number of allylic oxidation sites excluding steroid dienone is 3. The number of carbonyl (C=O) groups is 2. The molecule has 2 aliphatic rings. The first-order valence-corrected chi connectivity index (χ1v) is 11.0. The molecule has 1 amide bonds. The lowest BCUT2D eigenvalue weighted by Gasteiger charge is -2.34. The van der Waals surface area contributed by atoms with E-state index in [0.29, 0.717) is 47.5 Å². The van der Waals surface area contributed by atoms with Crippen LogP contribution in [0.15, 0.2) is 63.5 Å². The van der Waals surface area contributed by atoms with Gasteiger partial charge in [0.2, 0.25) is 0 Å². The Morgan fingerprint density at radius 1 is 1.31 bits per heavy atom. The van der Waals surface area contributed by atoms with Gasteiger partial charge in [0.1, 0.15) is 10.8 Å². The molecule has 2 aromatic rings. The predicted molar refractivity (Wildman–Crippen MR) is 123 cm³/mol. The number of nitrogens with zero attached hydrogens (tertiary/aromatic N) is 2. The van der Waals surface area contributed by atoms with E-state index in [1.54, 1.807) is 31.3 Å². The van der Waals surface area contributed by atoms with Crippen LogP contribution in [0, 0.1) is 10.1 Å². The summed E-state index contributed by atoms with van der Waals surface area (Å²) < 4.78 is 0.763. The zero-order valence-electron chi connectivity index (χ0n) is 16.9. The highest BCUT2D eigenvalue weighted by Gasteiger charge is 2.39. The monoisotopic (exact) mass is 516 g/mol. The standard InChI is InChI=1S/C22H18BrClN4O4/c1-11-19(22(30)27-18-8-6-13(23)10-25-18)20(21-15(26-11)3-2-4-17(21)29)12-5-7-14(24)16(9-12)28(31)32/h5-10,20,26H,2-4H2,1H3,(H,25,27,30)/t20-/m0/s1. The molecule has 0 radical (unpaired) electrons. The fourth-order valence-corrected chi connectivity index (χ4v) is 4.52. The van der Waals surface area contributed by atoms with Crippen molar-refractivity contribution >= 4 is 50.7 Å². The minimum atomic E-state index is -0.759. The van der Waals surface area contributed by atoms with Gasteiger partial charge in [0, 0.05) is 51.6 Å². The number of pyridine rings is 1. The average molecular weight is 518 g/mol. The van der Waals surface area contributed by atoms with Gasteiger partial charge in [-0.2, -0.15) is 0 Å². The Morgan fingerprint density at radius 3 is 2.78 bits per heavy atom. The number of rotatable bonds is 4. The van der Waals surface area contributed by atoms with Crippen molar-refractivity contribution in [1.82, 2.24) is 10.3 Å². The average Bonchev–Trinajstić information content (AvgIpc) is 2.74. The summed E-state index contributed by atoms with van der Waals surface area (Å²) in [6, 6.07) is 7.77. The Balaban J connectivity index is 1.83. The van der Waals surface area contributed by atoms with Gasteiger partial charge in [0.25, 0.3) is 11.6 Å². The van der Waals surface area contributed by atoms with Gasteiger partial charge in [-0.3, -0.25) is 19.7 Å². The van der Waals surface area contributed by atoms with Crippen LogP contribution in [0.4, 0.5) is 11.5 Å². The number of nitro groups is 1. The smallest absolute Gasteiger partial charge is 0.288 e. The van der Waals surface area contributed by atoms with Crippen molar-refractivity contribution in [2.24, 2.45) is 0 Å². The molecular weight excluding hydrogens is 500 g/mol. The summed E-state index contributed by atoms with van der Waals surface area (Å²) in [6.07, 6.45) is 3.28. The zero-order chi connectivity index (χ0) is 23.0. The van der Waals surface area contributed by atoms with Crippen molar-refractivity contribution in [2.45, 2.75) is 32.1 Å². The van der Waals surface area contributed by atoms with Gasteiger partial charge in [-0.1, -0.05) is 17.7 Å². The highest BCUT2D eigenvalue weighted by Crippen LogP contribution is 2.43. The van der Waals surface area contributed by atoms with Gasteiger partial charge >= 0.3 is 0 Å². The number of halogens is 2. The van der Waals surface area contributed by atoms with E-state index in [-0.39, 0.29) is 16.5 Å². The zero-order valence-corrected chi connectivity index (χ0v) is 19.3. The van der Waals surface area contributed by atoms with Crippen LogP contribution in [-0.4, -0.2) is 21.6 Å². The van der Waals surface area contributed by atoms with Crippen molar-refractivity contribution < 1.29 is 14.5 Å². The Morgan fingerprint density at radius 2 is 2.09 bits per heavy atom. The van der Waals surface area contributed by atoms with Gasteiger partial charge in [-0.15, -0.1) is 0 Å². The summed E-state index contributed by atoms with van der Waals surface area (Å²) in [5.41, 5.74) is 2.28. The fourth-order valence-electron chi connectivity index (χ4n) is 4.10. The molecule has 1 aliphatic carbocycles. The van der Waals surface area contributed by atoms with Crippen LogP contribution in [0.25, 0.3) is 0 Å². The number of anilines is 1. The summed E-state index contributed by atoms with van der Waals surface area (Å²) in [7, 11) is 0. The lowest BCUT2D eigenvalue weighted by Crippen LogP contribution is -2.35. The molecule has 1 atom stereocenters. The van der Waals surface area contributed by atoms with E-state index >= 15 is 0 Å². The molecule has 1 aromatic heterocycles. The van der Waals surface area contributed by atoms with E-state index in [4.69, 9.17) is 11.6 Å². The molecule has 1 aliphatic heterocycles. The van der Waals surface area contributed by atoms with Crippen LogP contribution in [-0.2, 0) is 9.59 Å². The van der Waals surface area contributed by atoms with E-state index in [1.165, 1.54) is 12.1 Å². The van der Waals surface area contributed by atoms with Gasteiger partial charge in [0.05, 0.1) is 4.92 Å². The molecule has 0 saturated heterocycles. The van der Waals surface area contributed by atoms with E-state index in [2.05, 4.69) is 31.5 Å². The van der Waals surface area contributed by atoms with Crippen molar-refractivity contribution in [1.29, 1.82) is 0 Å². The van der Waals surface area contributed by atoms with Gasteiger partial charge < -0.3 is 10.6 Å². The molecule has 164 valence electrons. The van der Waals surface area contributed by atoms with Gasteiger partial charge in [0.15, 0.2) is 5.78 Å². The molecule has 8 nitrogen and oxygen atoms in total. The topological polar surface area (TPSA) is 114 Å². The molecule has 4 rings (SSSR count). The molecule has 0 fully saturated rings. The van der Waals surface area contributed by atoms with Crippen LogP contribution >= 0.6 is 27.5 Å². The Bertz CT molecular complexity index is 1210. The minimum absolute atomic E-state index is 0.0115. The second-order valence-electron chi connectivity index (χ2n) is 7.55. The van der Waals surface area contributed by atoms with Crippen LogP contribution in [0.3, 0.4) is 0 Å². The maximum Gasteiger partial charge on any atom is 0.288 e. The first-order valence-electron chi connectivity index (χ1n) is 9.87. The highest BCUT2D eigenvalue weighted by atomic mass is 79.9. The molecule has 2 heterocycles. The van der Waals surface area contributed by atoms with Crippen LogP contribution < -0.4 is 10.6 Å². The number of carbonyl (C=O) groups excluding carboxylic acids is 2. The fraction of sp³-hybridized carbons (Fsp3) is 0.227. The lowest BCUT2D eigenvalue weighted by molar-refractivity contribution is -0.384. The maximum absolute atomic E-state index is 13.4. The van der Waals surface area contributed by atoms with Crippen molar-refractivity contribution in [2.75, 3.05) is 5.32 Å².